The van der Waals surface area contributed by atoms with Crippen LogP contribution in [0.4, 0.5) is 5.69 Å². The molecule has 3 rings (SSSR count). The van der Waals surface area contributed by atoms with Gasteiger partial charge in [0, 0.05) is 12.4 Å². The van der Waals surface area contributed by atoms with E-state index in [1.54, 1.807) is 27.0 Å². The number of aromatic nitrogens is 4. The zero-order valence-corrected chi connectivity index (χ0v) is 17.3. The van der Waals surface area contributed by atoms with Crippen LogP contribution in [-0.2, 0) is 14.8 Å². The minimum atomic E-state index is -4.25. The Balaban J connectivity index is 2.00. The third kappa shape index (κ3) is 4.03. The minimum Gasteiger partial charge on any atom is -0.459 e. The van der Waals surface area contributed by atoms with Crippen molar-refractivity contribution < 1.29 is 17.9 Å². The number of ether oxygens (including phenoxy) is 1. The van der Waals surface area contributed by atoms with Crippen molar-refractivity contribution in [2.75, 3.05) is 4.72 Å². The van der Waals surface area contributed by atoms with Crippen molar-refractivity contribution in [1.82, 2.24) is 19.6 Å². The maximum Gasteiger partial charge on any atom is 0.339 e. The molecule has 1 N–H and O–H groups in total. The number of nitrogens with one attached hydrogen (secondary N) is 1. The second kappa shape index (κ2) is 7.53. The lowest BCUT2D eigenvalue weighted by Crippen LogP contribution is -2.17. The topological polar surface area (TPSA) is 116 Å². The van der Waals surface area contributed by atoms with E-state index in [0.717, 1.165) is 5.56 Å². The number of anilines is 1. The van der Waals surface area contributed by atoms with Gasteiger partial charge in [0.15, 0.2) is 0 Å². The van der Waals surface area contributed by atoms with E-state index < -0.39 is 21.1 Å². The molecule has 0 radical (unpaired) electrons. The number of carbonyl (C=O) groups excluding carboxylic acids is 1. The van der Waals surface area contributed by atoms with Gasteiger partial charge in [-0.2, -0.15) is 13.4 Å². The number of nitrogens with zero attached hydrogens (tertiary/aromatic N) is 4. The average Bonchev–Trinajstić information content (AvgIpc) is 3.02. The van der Waals surface area contributed by atoms with Crippen LogP contribution in [0.25, 0.3) is 5.78 Å². The van der Waals surface area contributed by atoms with Gasteiger partial charge in [0.05, 0.1) is 27.4 Å². The predicted molar refractivity (Wildman–Crippen MR) is 103 cm³/mol. The number of aryl methyl sites for hydroxylation is 1. The standard InChI is InChI=1S/C16H15Cl2N5O4S/c1-8(2)27-14(24)10-4-5-11(17)13(12(10)18)22-28(25,26)16-20-15-19-6-9(3)7-23(15)21-16/h4-8,22H,1-3H3. The molecule has 0 saturated carbocycles. The Morgan fingerprint density at radius 1 is 1.29 bits per heavy atom. The number of fused-ring (bicyclic) bond motifs is 1. The van der Waals surface area contributed by atoms with E-state index >= 15 is 0 Å². The van der Waals surface area contributed by atoms with Crippen molar-refractivity contribution in [3.8, 4) is 0 Å². The molecular formula is C16H15Cl2N5O4S. The van der Waals surface area contributed by atoms with Gasteiger partial charge < -0.3 is 4.74 Å². The summed E-state index contributed by atoms with van der Waals surface area (Å²) >= 11 is 12.3. The molecular weight excluding hydrogens is 429 g/mol. The van der Waals surface area contributed by atoms with E-state index in [1.807, 2.05) is 0 Å². The molecule has 0 aliphatic rings. The minimum absolute atomic E-state index is 0.00703. The first-order valence-electron chi connectivity index (χ1n) is 7.99. The number of benzene rings is 1. The first-order chi connectivity index (χ1) is 13.1. The number of rotatable bonds is 5. The Labute approximate surface area is 170 Å². The lowest BCUT2D eigenvalue weighted by Gasteiger charge is -2.13. The summed E-state index contributed by atoms with van der Waals surface area (Å²) in [6.07, 6.45) is 2.74. The molecule has 0 amide bonds. The zero-order chi connectivity index (χ0) is 20.6. The van der Waals surface area contributed by atoms with Gasteiger partial charge in [-0.1, -0.05) is 23.2 Å². The van der Waals surface area contributed by atoms with Gasteiger partial charge in [0.1, 0.15) is 0 Å². The maximum absolute atomic E-state index is 12.7. The van der Waals surface area contributed by atoms with Gasteiger partial charge in [-0.25, -0.2) is 14.3 Å². The van der Waals surface area contributed by atoms with Crippen molar-refractivity contribution in [2.24, 2.45) is 0 Å². The third-order valence-corrected chi connectivity index (χ3v) is 5.27. The lowest BCUT2D eigenvalue weighted by atomic mass is 10.2. The molecule has 0 unspecified atom stereocenters. The third-order valence-electron chi connectivity index (χ3n) is 3.43. The number of hydrogen-bond acceptors (Lipinski definition) is 7. The molecule has 12 heteroatoms. The molecule has 148 valence electrons. The summed E-state index contributed by atoms with van der Waals surface area (Å²) in [5.41, 5.74) is 0.569. The highest BCUT2D eigenvalue weighted by atomic mass is 35.5. The summed E-state index contributed by atoms with van der Waals surface area (Å²) < 4.78 is 34.0. The monoisotopic (exact) mass is 443 g/mol. The predicted octanol–water partition coefficient (Wildman–Crippen LogP) is 3.11. The first-order valence-corrected chi connectivity index (χ1v) is 10.2. The maximum atomic E-state index is 12.7. The fourth-order valence-electron chi connectivity index (χ4n) is 2.23. The van der Waals surface area contributed by atoms with Gasteiger partial charge in [-0.15, -0.1) is 5.10 Å². The summed E-state index contributed by atoms with van der Waals surface area (Å²) in [7, 11) is -4.25. The Morgan fingerprint density at radius 3 is 2.68 bits per heavy atom. The van der Waals surface area contributed by atoms with Crippen LogP contribution in [0.1, 0.15) is 29.8 Å². The molecule has 1 aromatic carbocycles. The largest absolute Gasteiger partial charge is 0.459 e. The summed E-state index contributed by atoms with van der Waals surface area (Å²) in [5.74, 6) is -0.597. The molecule has 2 heterocycles. The van der Waals surface area contributed by atoms with Gasteiger partial charge >= 0.3 is 5.97 Å². The van der Waals surface area contributed by atoms with Gasteiger partial charge in [0.25, 0.3) is 21.0 Å². The van der Waals surface area contributed by atoms with Crippen molar-refractivity contribution >= 4 is 50.7 Å². The Kier molecular flexibility index (Phi) is 5.46. The molecule has 0 fully saturated rings. The van der Waals surface area contributed by atoms with Crippen LogP contribution in [0, 0.1) is 6.92 Å². The number of carbonyl (C=O) groups is 1. The Bertz CT molecular complexity index is 1180. The van der Waals surface area contributed by atoms with Crippen molar-refractivity contribution in [3.05, 3.63) is 45.7 Å². The van der Waals surface area contributed by atoms with Crippen molar-refractivity contribution in [2.45, 2.75) is 32.0 Å². The molecule has 3 aromatic rings. The quantitative estimate of drug-likeness (QED) is 0.602. The fraction of sp³-hybridized carbons (Fsp3) is 0.250. The van der Waals surface area contributed by atoms with E-state index in [2.05, 4.69) is 19.8 Å². The van der Waals surface area contributed by atoms with E-state index in [4.69, 9.17) is 27.9 Å². The normalized spacial score (nSPS) is 11.8. The van der Waals surface area contributed by atoms with E-state index in [1.165, 1.54) is 22.8 Å². The molecule has 0 saturated heterocycles. The highest BCUT2D eigenvalue weighted by molar-refractivity contribution is 7.92. The first kappa shape index (κ1) is 20.3. The SMILES string of the molecule is Cc1cnc2nc(S(=O)(=O)Nc3c(Cl)ccc(C(=O)OC(C)C)c3Cl)nn2c1. The number of halogens is 2. The number of sulfonamides is 1. The summed E-state index contributed by atoms with van der Waals surface area (Å²) in [6.45, 7) is 5.13. The fourth-order valence-corrected chi connectivity index (χ4v) is 3.86. The number of esters is 1. The average molecular weight is 444 g/mol. The molecule has 0 aliphatic carbocycles. The van der Waals surface area contributed by atoms with Crippen LogP contribution in [-0.4, -0.2) is 40.1 Å². The Morgan fingerprint density at radius 2 is 2.00 bits per heavy atom. The van der Waals surface area contributed by atoms with Crippen molar-refractivity contribution in [1.29, 1.82) is 0 Å². The van der Waals surface area contributed by atoms with Crippen LogP contribution < -0.4 is 4.72 Å². The molecule has 2 aromatic heterocycles. The van der Waals surface area contributed by atoms with Crippen LogP contribution in [0.15, 0.2) is 29.7 Å². The van der Waals surface area contributed by atoms with Crippen LogP contribution in [0.3, 0.4) is 0 Å². The van der Waals surface area contributed by atoms with Crippen LogP contribution in [0.5, 0.6) is 0 Å². The highest BCUT2D eigenvalue weighted by Gasteiger charge is 2.26. The molecule has 0 bridgehead atoms. The van der Waals surface area contributed by atoms with Gasteiger partial charge in [-0.05, 0) is 38.5 Å². The van der Waals surface area contributed by atoms with Crippen LogP contribution in [0.2, 0.25) is 10.0 Å². The Hall–Kier alpha value is -2.43. The summed E-state index contributed by atoms with van der Waals surface area (Å²) in [4.78, 5) is 20.1. The highest BCUT2D eigenvalue weighted by Crippen LogP contribution is 2.35. The molecule has 0 aliphatic heterocycles. The van der Waals surface area contributed by atoms with E-state index in [-0.39, 0.29) is 33.2 Å². The zero-order valence-electron chi connectivity index (χ0n) is 15.0. The summed E-state index contributed by atoms with van der Waals surface area (Å²) in [5, 5.41) is 3.19. The summed E-state index contributed by atoms with van der Waals surface area (Å²) in [6, 6.07) is 2.69. The van der Waals surface area contributed by atoms with Gasteiger partial charge in [-0.3, -0.25) is 4.72 Å². The second-order valence-corrected chi connectivity index (χ2v) is 8.48. The molecule has 9 nitrogen and oxygen atoms in total. The van der Waals surface area contributed by atoms with Gasteiger partial charge in [0.2, 0.25) is 0 Å². The van der Waals surface area contributed by atoms with Crippen molar-refractivity contribution in [3.63, 3.8) is 0 Å². The molecule has 0 spiro atoms. The van der Waals surface area contributed by atoms with E-state index in [9.17, 15) is 13.2 Å². The van der Waals surface area contributed by atoms with E-state index in [0.29, 0.717) is 0 Å². The van der Waals surface area contributed by atoms with Crippen LogP contribution >= 0.6 is 23.2 Å². The number of hydrogen-bond donors (Lipinski definition) is 1. The smallest absolute Gasteiger partial charge is 0.339 e. The molecule has 0 atom stereocenters. The lowest BCUT2D eigenvalue weighted by molar-refractivity contribution is 0.0378. The second-order valence-electron chi connectivity index (χ2n) is 6.11. The molecule has 28 heavy (non-hydrogen) atoms.